The maximum Gasteiger partial charge on any atom is 0.333 e. The van der Waals surface area contributed by atoms with Gasteiger partial charge >= 0.3 is 5.97 Å². The van der Waals surface area contributed by atoms with E-state index in [1.807, 2.05) is 6.92 Å². The third kappa shape index (κ3) is 12.3. The number of unbranched alkanes of at least 4 members (excludes halogenated alkanes) is 9. The number of hydrogen-bond acceptors (Lipinski definition) is 2. The topological polar surface area (TPSA) is 26.3 Å². The Bertz CT molecular complexity index is 246. The molecule has 0 aromatic carbocycles. The Kier molecular flexibility index (Phi) is 14.0. The molecular formula is C18H34O2. The summed E-state index contributed by atoms with van der Waals surface area (Å²) in [4.78, 5) is 11.5. The lowest BCUT2D eigenvalue weighted by Crippen LogP contribution is -2.08. The van der Waals surface area contributed by atoms with Crippen LogP contribution in [-0.2, 0) is 9.53 Å². The predicted molar refractivity (Wildman–Crippen MR) is 86.9 cm³/mol. The maximum atomic E-state index is 11.5. The number of ether oxygens (including phenoxy) is 1. The highest BCUT2D eigenvalue weighted by Crippen LogP contribution is 2.11. The van der Waals surface area contributed by atoms with Crippen molar-refractivity contribution in [2.24, 2.45) is 0 Å². The zero-order chi connectivity index (χ0) is 15.1. The lowest BCUT2D eigenvalue weighted by molar-refractivity contribution is -0.139. The molecule has 0 rings (SSSR count). The number of hydrogen-bond donors (Lipinski definition) is 0. The predicted octanol–water partition coefficient (Wildman–Crippen LogP) is 5.81. The molecule has 0 aliphatic heterocycles. The first-order valence-electron chi connectivity index (χ1n) is 8.57. The molecule has 0 N–H and O–H groups in total. The standard InChI is InChI=1S/C18H34O2/c1-4-6-7-8-9-10-11-12-13-14-16-20-18(19)17(3)15-5-2/h3-16H2,1-2H3. The number of carbonyl (C=O) groups is 1. The van der Waals surface area contributed by atoms with Crippen LogP contribution >= 0.6 is 0 Å². The second-order valence-corrected chi connectivity index (χ2v) is 5.67. The van der Waals surface area contributed by atoms with Crippen LogP contribution in [0, 0.1) is 0 Å². The summed E-state index contributed by atoms with van der Waals surface area (Å²) >= 11 is 0. The highest BCUT2D eigenvalue weighted by atomic mass is 16.5. The van der Waals surface area contributed by atoms with E-state index >= 15 is 0 Å². The first kappa shape index (κ1) is 19.2. The normalized spacial score (nSPS) is 10.5. The van der Waals surface area contributed by atoms with Gasteiger partial charge < -0.3 is 4.74 Å². The summed E-state index contributed by atoms with van der Waals surface area (Å²) in [5.74, 6) is -0.206. The van der Waals surface area contributed by atoms with E-state index in [0.29, 0.717) is 12.2 Å². The van der Waals surface area contributed by atoms with Crippen molar-refractivity contribution in [1.29, 1.82) is 0 Å². The third-order valence-corrected chi connectivity index (χ3v) is 3.57. The van der Waals surface area contributed by atoms with E-state index in [1.54, 1.807) is 0 Å². The van der Waals surface area contributed by atoms with E-state index in [2.05, 4.69) is 13.5 Å². The van der Waals surface area contributed by atoms with Crippen molar-refractivity contribution in [3.8, 4) is 0 Å². The largest absolute Gasteiger partial charge is 0.462 e. The summed E-state index contributed by atoms with van der Waals surface area (Å²) in [6.45, 7) is 8.59. The molecule has 0 bridgehead atoms. The Hall–Kier alpha value is -0.790. The minimum atomic E-state index is -0.206. The van der Waals surface area contributed by atoms with Crippen LogP contribution in [0.25, 0.3) is 0 Å². The molecule has 0 saturated carbocycles. The third-order valence-electron chi connectivity index (χ3n) is 3.57. The Morgan fingerprint density at radius 1 is 0.800 bits per heavy atom. The molecule has 0 heterocycles. The first-order valence-corrected chi connectivity index (χ1v) is 8.57. The molecule has 0 aliphatic rings. The monoisotopic (exact) mass is 282 g/mol. The average molecular weight is 282 g/mol. The second-order valence-electron chi connectivity index (χ2n) is 5.67. The van der Waals surface area contributed by atoms with Gasteiger partial charge in [-0.25, -0.2) is 4.79 Å². The summed E-state index contributed by atoms with van der Waals surface area (Å²) in [7, 11) is 0. The lowest BCUT2D eigenvalue weighted by Gasteiger charge is -2.06. The van der Waals surface area contributed by atoms with E-state index in [0.717, 1.165) is 19.3 Å². The van der Waals surface area contributed by atoms with Gasteiger partial charge in [-0.15, -0.1) is 0 Å². The maximum absolute atomic E-state index is 11.5. The second kappa shape index (κ2) is 14.6. The zero-order valence-corrected chi connectivity index (χ0v) is 13.7. The van der Waals surface area contributed by atoms with Gasteiger partial charge in [0.1, 0.15) is 0 Å². The molecule has 0 fully saturated rings. The first-order chi connectivity index (χ1) is 9.72. The van der Waals surface area contributed by atoms with Crippen LogP contribution < -0.4 is 0 Å². The van der Waals surface area contributed by atoms with Crippen molar-refractivity contribution in [1.82, 2.24) is 0 Å². The molecule has 0 radical (unpaired) electrons. The molecule has 0 atom stereocenters. The smallest absolute Gasteiger partial charge is 0.333 e. The van der Waals surface area contributed by atoms with Crippen LogP contribution in [0.5, 0.6) is 0 Å². The molecule has 0 amide bonds. The quantitative estimate of drug-likeness (QED) is 0.228. The van der Waals surface area contributed by atoms with Crippen LogP contribution in [0.1, 0.15) is 90.9 Å². The van der Waals surface area contributed by atoms with Crippen LogP contribution in [-0.4, -0.2) is 12.6 Å². The number of carbonyl (C=O) groups excluding carboxylic acids is 1. The Labute approximate surface area is 126 Å². The van der Waals surface area contributed by atoms with Gasteiger partial charge in [-0.05, 0) is 12.8 Å². The number of rotatable bonds is 14. The molecule has 0 unspecified atom stereocenters. The van der Waals surface area contributed by atoms with E-state index < -0.39 is 0 Å². The van der Waals surface area contributed by atoms with Crippen molar-refractivity contribution in [3.63, 3.8) is 0 Å². The minimum Gasteiger partial charge on any atom is -0.462 e. The van der Waals surface area contributed by atoms with Crippen molar-refractivity contribution in [3.05, 3.63) is 12.2 Å². The molecule has 118 valence electrons. The fraction of sp³-hybridized carbons (Fsp3) is 0.833. The van der Waals surface area contributed by atoms with Gasteiger partial charge in [-0.3, -0.25) is 0 Å². The van der Waals surface area contributed by atoms with Crippen molar-refractivity contribution in [2.45, 2.75) is 90.9 Å². The van der Waals surface area contributed by atoms with E-state index in [9.17, 15) is 4.79 Å². The van der Waals surface area contributed by atoms with Crippen molar-refractivity contribution >= 4 is 5.97 Å². The molecule has 0 spiro atoms. The number of esters is 1. The lowest BCUT2D eigenvalue weighted by atomic mass is 10.1. The van der Waals surface area contributed by atoms with E-state index in [-0.39, 0.29) is 5.97 Å². The molecule has 0 aromatic heterocycles. The summed E-state index contributed by atoms with van der Waals surface area (Å²) in [5, 5.41) is 0. The van der Waals surface area contributed by atoms with Crippen LogP contribution in [0.3, 0.4) is 0 Å². The molecular weight excluding hydrogens is 248 g/mol. The van der Waals surface area contributed by atoms with Gasteiger partial charge in [0.05, 0.1) is 6.61 Å². The highest BCUT2D eigenvalue weighted by Gasteiger charge is 2.06. The van der Waals surface area contributed by atoms with E-state index in [1.165, 1.54) is 57.8 Å². The molecule has 2 heteroatoms. The fourth-order valence-electron chi connectivity index (χ4n) is 2.26. The van der Waals surface area contributed by atoms with Crippen LogP contribution in [0.2, 0.25) is 0 Å². The van der Waals surface area contributed by atoms with Crippen molar-refractivity contribution < 1.29 is 9.53 Å². The average Bonchev–Trinajstić information content (AvgIpc) is 2.44. The Balaban J connectivity index is 3.20. The summed E-state index contributed by atoms with van der Waals surface area (Å²) in [6.07, 6.45) is 14.7. The Morgan fingerprint density at radius 3 is 1.80 bits per heavy atom. The molecule has 2 nitrogen and oxygen atoms in total. The SMILES string of the molecule is C=C(CCC)C(=O)OCCCCCCCCCCCC. The van der Waals surface area contributed by atoms with Gasteiger partial charge in [0.25, 0.3) is 0 Å². The van der Waals surface area contributed by atoms with Gasteiger partial charge in [0.15, 0.2) is 0 Å². The Morgan fingerprint density at radius 2 is 1.30 bits per heavy atom. The van der Waals surface area contributed by atoms with Gasteiger partial charge in [-0.1, -0.05) is 84.6 Å². The molecule has 20 heavy (non-hydrogen) atoms. The summed E-state index contributed by atoms with van der Waals surface area (Å²) in [6, 6.07) is 0. The van der Waals surface area contributed by atoms with Gasteiger partial charge in [0, 0.05) is 5.57 Å². The molecule has 0 saturated heterocycles. The van der Waals surface area contributed by atoms with Gasteiger partial charge in [0.2, 0.25) is 0 Å². The summed E-state index contributed by atoms with van der Waals surface area (Å²) < 4.78 is 5.19. The minimum absolute atomic E-state index is 0.206. The van der Waals surface area contributed by atoms with Gasteiger partial charge in [-0.2, -0.15) is 0 Å². The van der Waals surface area contributed by atoms with Crippen LogP contribution in [0.15, 0.2) is 12.2 Å². The zero-order valence-electron chi connectivity index (χ0n) is 13.7. The van der Waals surface area contributed by atoms with E-state index in [4.69, 9.17) is 4.74 Å². The molecule has 0 aliphatic carbocycles. The summed E-state index contributed by atoms with van der Waals surface area (Å²) in [5.41, 5.74) is 0.611. The fourth-order valence-corrected chi connectivity index (χ4v) is 2.26. The molecule has 0 aromatic rings. The van der Waals surface area contributed by atoms with Crippen molar-refractivity contribution in [2.75, 3.05) is 6.61 Å². The van der Waals surface area contributed by atoms with Crippen LogP contribution in [0.4, 0.5) is 0 Å². The highest BCUT2D eigenvalue weighted by molar-refractivity contribution is 5.87.